The summed E-state index contributed by atoms with van der Waals surface area (Å²) in [7, 11) is 0. The van der Waals surface area contributed by atoms with Crippen LogP contribution < -0.4 is 20.1 Å². The smallest absolute Gasteiger partial charge is 0.237 e. The summed E-state index contributed by atoms with van der Waals surface area (Å²) in [6.45, 7) is 8.62. The Balaban J connectivity index is 0.000000149. The molecular weight excluding hydrogens is 853 g/mol. The van der Waals surface area contributed by atoms with E-state index in [4.69, 9.17) is 9.47 Å². The van der Waals surface area contributed by atoms with Crippen LogP contribution in [0.4, 0.5) is 0 Å². The number of carbonyl (C=O) groups is 5. The average Bonchev–Trinajstić information content (AvgIpc) is 3.99. The van der Waals surface area contributed by atoms with Crippen molar-refractivity contribution >= 4 is 29.3 Å². The molecule has 6 fully saturated rings. The molecule has 0 spiro atoms. The molecule has 2 aromatic carbocycles. The van der Waals surface area contributed by atoms with Gasteiger partial charge >= 0.3 is 0 Å². The highest BCUT2D eigenvalue weighted by Crippen LogP contribution is 2.60. The standard InChI is InChI=1S/C29H35NO4.C29H33NO4/c1-3-4-18-8-12-20-22-13-16(2)5-11-21(22)27-25(20)24(18)26(31)23-15-29(33,30-28(23)32)14-17-6-9-19(34-27)10-7-17;1-3-4-17-8-12-19-21-13-15(2)5-11-20(21)27-24(19)23(17)26(31)25-22(28(32)30-29(25)33)14-16-6-9-18(34-27)10-7-16/h3-4,6-10,12,16,18,20-25,27,33H,5,11,13-15H2,1-2H3,(H,30,32);3-4,6-10,12,15,17,19-25,27H,5,11,13-14H2,1-2H3,(H,30,32,33)/b2*4-3-/t16-,18+,20+,21-,22+,23+,24+,25+,27+,29-;15-,17+,19+,20-,21+,22+,23+,24+,25-,27+/m11/s1. The molecule has 3 N–H and O–H groups in total. The molecule has 2 saturated heterocycles. The van der Waals surface area contributed by atoms with Crippen LogP contribution in [0.5, 0.6) is 11.5 Å². The number of Topliss-reactive ketones (excluding diaryl/α,β-unsaturated/α-hetero) is 2. The van der Waals surface area contributed by atoms with Crippen LogP contribution in [0.2, 0.25) is 0 Å². The van der Waals surface area contributed by atoms with Crippen molar-refractivity contribution in [3.63, 3.8) is 0 Å². The molecule has 0 aromatic heterocycles. The molecule has 6 bridgehead atoms. The fourth-order valence-electron chi connectivity index (χ4n) is 15.8. The number of ether oxygens (including phenoxy) is 2. The van der Waals surface area contributed by atoms with E-state index in [1.54, 1.807) is 0 Å². The zero-order valence-electron chi connectivity index (χ0n) is 39.9. The van der Waals surface area contributed by atoms with E-state index in [0.29, 0.717) is 41.9 Å². The summed E-state index contributed by atoms with van der Waals surface area (Å²) in [5, 5.41) is 16.5. The van der Waals surface area contributed by atoms with Crippen molar-refractivity contribution in [1.82, 2.24) is 10.6 Å². The van der Waals surface area contributed by atoms with Crippen LogP contribution >= 0.6 is 0 Å². The molecule has 20 atom stereocenters. The molecule has 14 rings (SSSR count). The first-order valence-corrected chi connectivity index (χ1v) is 25.9. The number of aliphatic hydroxyl groups is 1. The van der Waals surface area contributed by atoms with Gasteiger partial charge in [0.05, 0.1) is 5.92 Å². The van der Waals surface area contributed by atoms with E-state index < -0.39 is 29.4 Å². The first-order chi connectivity index (χ1) is 32.8. The van der Waals surface area contributed by atoms with Crippen molar-refractivity contribution in [3.8, 4) is 11.5 Å². The lowest BCUT2D eigenvalue weighted by atomic mass is 9.64. The van der Waals surface area contributed by atoms with Gasteiger partial charge in [-0.25, -0.2) is 0 Å². The van der Waals surface area contributed by atoms with Gasteiger partial charge < -0.3 is 19.9 Å². The van der Waals surface area contributed by atoms with Gasteiger partial charge in [0, 0.05) is 48.3 Å². The molecule has 10 nitrogen and oxygen atoms in total. The Morgan fingerprint density at radius 3 is 1.66 bits per heavy atom. The van der Waals surface area contributed by atoms with Gasteiger partial charge in [-0.15, -0.1) is 0 Å². The largest absolute Gasteiger partial charge is 0.490 e. The van der Waals surface area contributed by atoms with Gasteiger partial charge in [-0.1, -0.05) is 99.6 Å². The van der Waals surface area contributed by atoms with E-state index in [2.05, 4.69) is 60.9 Å². The zero-order chi connectivity index (χ0) is 47.2. The summed E-state index contributed by atoms with van der Waals surface area (Å²) in [4.78, 5) is 67.4. The van der Waals surface area contributed by atoms with E-state index in [1.807, 2.05) is 74.5 Å². The van der Waals surface area contributed by atoms with Gasteiger partial charge in [-0.3, -0.25) is 29.3 Å². The first-order valence-electron chi connectivity index (χ1n) is 25.9. The van der Waals surface area contributed by atoms with Crippen LogP contribution in [-0.2, 0) is 36.8 Å². The summed E-state index contributed by atoms with van der Waals surface area (Å²) in [5.74, 6) is 0.926. The molecule has 3 amide bonds. The summed E-state index contributed by atoms with van der Waals surface area (Å²) >= 11 is 0. The molecule has 2 aromatic rings. The predicted octanol–water partition coefficient (Wildman–Crippen LogP) is 8.19. The minimum atomic E-state index is -1.40. The van der Waals surface area contributed by atoms with Crippen molar-refractivity contribution in [3.05, 3.63) is 108 Å². The molecule has 10 heteroatoms. The highest BCUT2D eigenvalue weighted by atomic mass is 16.5. The number of nitrogens with one attached hydrogen (secondary N) is 2. The van der Waals surface area contributed by atoms with Crippen molar-refractivity contribution in [2.75, 3.05) is 0 Å². The second-order valence-corrected chi connectivity index (χ2v) is 22.7. The Morgan fingerprint density at radius 2 is 1.13 bits per heavy atom. The number of allylic oxidation sites excluding steroid dienone is 8. The second kappa shape index (κ2) is 17.7. The molecule has 6 aliphatic heterocycles. The van der Waals surface area contributed by atoms with Gasteiger partial charge in [-0.2, -0.15) is 0 Å². The molecule has 0 unspecified atom stereocenters. The lowest BCUT2D eigenvalue weighted by Gasteiger charge is -2.39. The molecule has 6 aliphatic carbocycles. The van der Waals surface area contributed by atoms with E-state index >= 15 is 0 Å². The van der Waals surface area contributed by atoms with E-state index in [-0.39, 0.29) is 95.8 Å². The summed E-state index contributed by atoms with van der Waals surface area (Å²) in [6, 6.07) is 15.8. The maximum Gasteiger partial charge on any atom is 0.237 e. The normalized spacial score (nSPS) is 44.0. The number of ketones is 2. The third-order valence-corrected chi connectivity index (χ3v) is 18.6. The van der Waals surface area contributed by atoms with Gasteiger partial charge in [0.2, 0.25) is 17.7 Å². The Morgan fingerprint density at radius 1 is 0.618 bits per heavy atom. The van der Waals surface area contributed by atoms with E-state index in [1.165, 1.54) is 12.8 Å². The van der Waals surface area contributed by atoms with Crippen LogP contribution in [-0.4, -0.2) is 52.3 Å². The van der Waals surface area contributed by atoms with Crippen LogP contribution in [0.25, 0.3) is 0 Å². The molecule has 12 aliphatic rings. The third-order valence-electron chi connectivity index (χ3n) is 18.6. The lowest BCUT2D eigenvalue weighted by molar-refractivity contribution is -0.140. The van der Waals surface area contributed by atoms with Crippen LogP contribution in [0.1, 0.15) is 83.8 Å². The summed E-state index contributed by atoms with van der Waals surface area (Å²) < 4.78 is 13.5. The maximum atomic E-state index is 14.3. The van der Waals surface area contributed by atoms with Crippen molar-refractivity contribution in [2.24, 2.45) is 101 Å². The fraction of sp³-hybridized carbons (Fsp3) is 0.569. The summed E-state index contributed by atoms with van der Waals surface area (Å²) in [6.07, 6.45) is 24.8. The Kier molecular flexibility index (Phi) is 11.8. The van der Waals surface area contributed by atoms with Crippen LogP contribution in [0.3, 0.4) is 0 Å². The van der Waals surface area contributed by atoms with Gasteiger partial charge in [0.25, 0.3) is 0 Å². The number of imide groups is 1. The molecular formula is C58H68N2O8. The van der Waals surface area contributed by atoms with E-state index in [0.717, 1.165) is 48.3 Å². The first kappa shape index (κ1) is 45.4. The number of hydrogen-bond acceptors (Lipinski definition) is 8. The number of hydrogen-bond donors (Lipinski definition) is 3. The zero-order valence-corrected chi connectivity index (χ0v) is 39.9. The van der Waals surface area contributed by atoms with Crippen molar-refractivity contribution in [2.45, 2.75) is 103 Å². The Hall–Kier alpha value is -5.09. The molecule has 4 saturated carbocycles. The van der Waals surface area contributed by atoms with Gasteiger partial charge in [0.1, 0.15) is 47.1 Å². The fourth-order valence-corrected chi connectivity index (χ4v) is 15.8. The van der Waals surface area contributed by atoms with Crippen molar-refractivity contribution < 1.29 is 38.6 Å². The highest BCUT2D eigenvalue weighted by Gasteiger charge is 2.62. The molecule has 68 heavy (non-hydrogen) atoms. The SMILES string of the molecule is C/C=C\[C@H]1C=C[C@H]2[C@@H]3C[C@H](C)CC[C@H]3[C@@H]3Oc4ccc(cc4)C[C@@H]4C(=O)NC(=O)[C@H]4C(=O)[C@@H]1[C@H]23.C/C=C\[C@H]1C=C[C@H]2[C@@H]3C[C@H](C)CC[C@H]3[C@@H]3Oc4ccc(cc4)C[C@@]4(O)C[C@H](C(=O)N4)C(=O)[C@@H]1[C@H]23. The van der Waals surface area contributed by atoms with Crippen LogP contribution in [0.15, 0.2) is 97.1 Å². The molecule has 0 radical (unpaired) electrons. The number of rotatable bonds is 2. The topological polar surface area (TPSA) is 148 Å². The van der Waals surface area contributed by atoms with Gasteiger partial charge in [-0.05, 0) is 129 Å². The highest BCUT2D eigenvalue weighted by molar-refractivity contribution is 6.16. The molecule has 358 valence electrons. The molecule has 6 heterocycles. The lowest BCUT2D eigenvalue weighted by Crippen LogP contribution is -2.46. The Bertz CT molecular complexity index is 2460. The van der Waals surface area contributed by atoms with Crippen LogP contribution in [0, 0.1) is 101 Å². The third kappa shape index (κ3) is 7.75. The summed E-state index contributed by atoms with van der Waals surface area (Å²) in [5.41, 5.74) is 0.466. The number of amides is 3. The van der Waals surface area contributed by atoms with Crippen molar-refractivity contribution in [1.29, 1.82) is 0 Å². The average molecular weight is 921 g/mol. The maximum absolute atomic E-state index is 14.3. The number of fused-ring (bicyclic) bond motifs is 8. The van der Waals surface area contributed by atoms with Gasteiger partial charge in [0.15, 0.2) is 5.78 Å². The minimum absolute atomic E-state index is 0.00209. The number of benzene rings is 2. The quantitative estimate of drug-likeness (QED) is 0.155. The Labute approximate surface area is 400 Å². The second-order valence-electron chi connectivity index (χ2n) is 22.7. The number of carbonyl (C=O) groups excluding carboxylic acids is 5. The predicted molar refractivity (Wildman–Crippen MR) is 256 cm³/mol. The monoisotopic (exact) mass is 920 g/mol. The minimum Gasteiger partial charge on any atom is -0.490 e. The van der Waals surface area contributed by atoms with E-state index in [9.17, 15) is 29.1 Å².